The molecule has 0 saturated carbocycles. The maximum absolute atomic E-state index is 12.7. The lowest BCUT2D eigenvalue weighted by Gasteiger charge is -2.09. The number of aromatic hydroxyl groups is 1. The van der Waals surface area contributed by atoms with Crippen LogP contribution < -0.4 is 5.43 Å². The first-order valence-corrected chi connectivity index (χ1v) is 7.12. The summed E-state index contributed by atoms with van der Waals surface area (Å²) in [5, 5.41) is 25.0. The summed E-state index contributed by atoms with van der Waals surface area (Å²) in [5.74, 6) is -0.116. The van der Waals surface area contributed by atoms with Crippen molar-refractivity contribution >= 4 is 28.7 Å². The van der Waals surface area contributed by atoms with Gasteiger partial charge in [0.2, 0.25) is 0 Å². The Balaban J connectivity index is 2.36. The van der Waals surface area contributed by atoms with Crippen molar-refractivity contribution in [3.63, 3.8) is 0 Å². The van der Waals surface area contributed by atoms with Crippen LogP contribution in [0.15, 0.2) is 41.5 Å². The maximum Gasteiger partial charge on any atom is 0.416 e. The monoisotopic (exact) mass is 373 g/mol. The molecule has 0 atom stereocenters. The van der Waals surface area contributed by atoms with Gasteiger partial charge in [-0.2, -0.15) is 18.3 Å². The lowest BCUT2D eigenvalue weighted by Crippen LogP contribution is -2.07. The minimum atomic E-state index is -4.70. The molecule has 10 heteroatoms. The van der Waals surface area contributed by atoms with Crippen molar-refractivity contribution in [3.05, 3.63) is 62.7 Å². The van der Waals surface area contributed by atoms with Crippen LogP contribution >= 0.6 is 11.6 Å². The van der Waals surface area contributed by atoms with Crippen LogP contribution in [0.3, 0.4) is 0 Å². The van der Waals surface area contributed by atoms with E-state index < -0.39 is 22.4 Å². The summed E-state index contributed by atoms with van der Waals surface area (Å²) < 4.78 is 38.0. The van der Waals surface area contributed by atoms with Gasteiger partial charge in [0.25, 0.3) is 5.69 Å². The summed E-state index contributed by atoms with van der Waals surface area (Å²) in [6, 6.07) is 6.27. The molecule has 0 heterocycles. The first-order valence-electron chi connectivity index (χ1n) is 6.74. The number of nitrogens with zero attached hydrogens (tertiary/aromatic N) is 2. The Hall–Kier alpha value is -2.81. The highest BCUT2D eigenvalue weighted by molar-refractivity contribution is 6.31. The number of phenols is 1. The number of hydrogen-bond acceptors (Lipinski definition) is 5. The van der Waals surface area contributed by atoms with E-state index in [1.54, 1.807) is 0 Å². The number of phenolic OH excluding ortho intramolecular Hbond substituents is 1. The number of alkyl halides is 3. The molecule has 0 bridgehead atoms. The number of nitro groups is 1. The fourth-order valence-electron chi connectivity index (χ4n) is 1.96. The van der Waals surface area contributed by atoms with E-state index in [9.17, 15) is 28.4 Å². The van der Waals surface area contributed by atoms with Crippen molar-refractivity contribution < 1.29 is 23.2 Å². The van der Waals surface area contributed by atoms with Crippen LogP contribution in [0.5, 0.6) is 5.75 Å². The zero-order chi connectivity index (χ0) is 18.8. The molecule has 2 aromatic rings. The minimum Gasteiger partial charge on any atom is -0.507 e. The Morgan fingerprint density at radius 2 is 1.96 bits per heavy atom. The molecule has 2 rings (SSSR count). The van der Waals surface area contributed by atoms with Crippen LogP contribution in [-0.2, 0) is 6.18 Å². The summed E-state index contributed by atoms with van der Waals surface area (Å²) in [6.07, 6.45) is -4.70. The number of hydrogen-bond donors (Lipinski definition) is 2. The molecule has 0 saturated heterocycles. The van der Waals surface area contributed by atoms with Gasteiger partial charge in [-0.15, -0.1) is 0 Å². The molecule has 132 valence electrons. The summed E-state index contributed by atoms with van der Waals surface area (Å²) >= 11 is 5.82. The highest BCUT2D eigenvalue weighted by atomic mass is 35.5. The van der Waals surface area contributed by atoms with Gasteiger partial charge in [-0.05, 0) is 37.3 Å². The normalized spacial score (nSPS) is 12.1. The Kier molecular flexibility index (Phi) is 5.17. The van der Waals surface area contributed by atoms with Crippen LogP contribution in [0.25, 0.3) is 0 Å². The molecular formula is C15H11ClF3N3O3. The zero-order valence-electron chi connectivity index (χ0n) is 12.6. The second-order valence-electron chi connectivity index (χ2n) is 4.96. The molecule has 0 aliphatic carbocycles. The van der Waals surface area contributed by atoms with E-state index in [4.69, 9.17) is 11.6 Å². The molecule has 0 aromatic heterocycles. The summed E-state index contributed by atoms with van der Waals surface area (Å²) in [6.45, 7) is 1.49. The van der Waals surface area contributed by atoms with E-state index in [-0.39, 0.29) is 22.7 Å². The summed E-state index contributed by atoms with van der Waals surface area (Å²) in [4.78, 5) is 10.1. The number of nitrogens with one attached hydrogen (secondary N) is 1. The third-order valence-corrected chi connectivity index (χ3v) is 3.45. The van der Waals surface area contributed by atoms with E-state index in [2.05, 4.69) is 10.5 Å². The van der Waals surface area contributed by atoms with Gasteiger partial charge in [-0.25, -0.2) is 0 Å². The number of nitro benzene ring substituents is 1. The van der Waals surface area contributed by atoms with Crippen LogP contribution in [0.1, 0.15) is 18.1 Å². The number of anilines is 1. The molecule has 0 fully saturated rings. The zero-order valence-corrected chi connectivity index (χ0v) is 13.4. The van der Waals surface area contributed by atoms with Gasteiger partial charge in [0.15, 0.2) is 0 Å². The lowest BCUT2D eigenvalue weighted by atomic mass is 10.1. The van der Waals surface area contributed by atoms with Crippen LogP contribution in [0.2, 0.25) is 5.02 Å². The maximum atomic E-state index is 12.7. The Bertz CT molecular complexity index is 854. The van der Waals surface area contributed by atoms with Crippen LogP contribution in [0, 0.1) is 10.1 Å². The first kappa shape index (κ1) is 18.5. The summed E-state index contributed by atoms with van der Waals surface area (Å²) in [7, 11) is 0. The topological polar surface area (TPSA) is 87.8 Å². The number of hydrazone groups is 1. The third-order valence-electron chi connectivity index (χ3n) is 3.21. The smallest absolute Gasteiger partial charge is 0.416 e. The molecule has 6 nitrogen and oxygen atoms in total. The lowest BCUT2D eigenvalue weighted by molar-refractivity contribution is -0.384. The molecule has 0 aliphatic heterocycles. The molecular weight excluding hydrogens is 363 g/mol. The van der Waals surface area contributed by atoms with E-state index in [1.165, 1.54) is 25.1 Å². The average molecular weight is 374 g/mol. The average Bonchev–Trinajstić information content (AvgIpc) is 2.53. The van der Waals surface area contributed by atoms with Gasteiger partial charge in [0.05, 0.1) is 16.2 Å². The molecule has 2 aromatic carbocycles. The second kappa shape index (κ2) is 6.98. The van der Waals surface area contributed by atoms with Gasteiger partial charge in [-0.1, -0.05) is 11.6 Å². The van der Waals surface area contributed by atoms with Crippen LogP contribution in [0.4, 0.5) is 24.5 Å². The predicted molar refractivity (Wildman–Crippen MR) is 87.0 cm³/mol. The van der Waals surface area contributed by atoms with Crippen molar-refractivity contribution in [2.45, 2.75) is 13.1 Å². The Morgan fingerprint density at radius 1 is 1.28 bits per heavy atom. The molecule has 0 aliphatic rings. The highest BCUT2D eigenvalue weighted by Gasteiger charge is 2.33. The first-order chi connectivity index (χ1) is 11.6. The summed E-state index contributed by atoms with van der Waals surface area (Å²) in [5.41, 5.74) is 0.706. The van der Waals surface area contributed by atoms with Crippen molar-refractivity contribution in [2.75, 3.05) is 5.43 Å². The minimum absolute atomic E-state index is 0.116. The molecule has 25 heavy (non-hydrogen) atoms. The Labute approximate surface area is 144 Å². The quantitative estimate of drug-likeness (QED) is 0.457. The molecule has 0 amide bonds. The molecule has 2 N–H and O–H groups in total. The molecule has 0 unspecified atom stereocenters. The predicted octanol–water partition coefficient (Wildman–Crippen LogP) is 4.81. The fraction of sp³-hybridized carbons (Fsp3) is 0.133. The van der Waals surface area contributed by atoms with Gasteiger partial charge >= 0.3 is 6.18 Å². The second-order valence-corrected chi connectivity index (χ2v) is 5.39. The van der Waals surface area contributed by atoms with Crippen molar-refractivity contribution in [3.8, 4) is 5.75 Å². The van der Waals surface area contributed by atoms with Gasteiger partial charge in [0.1, 0.15) is 11.4 Å². The van der Waals surface area contributed by atoms with E-state index in [1.807, 2.05) is 0 Å². The van der Waals surface area contributed by atoms with Crippen molar-refractivity contribution in [1.29, 1.82) is 0 Å². The molecule has 0 spiro atoms. The van der Waals surface area contributed by atoms with Gasteiger partial charge < -0.3 is 5.11 Å². The number of rotatable bonds is 4. The Morgan fingerprint density at radius 3 is 2.56 bits per heavy atom. The van der Waals surface area contributed by atoms with Crippen LogP contribution in [-0.4, -0.2) is 15.7 Å². The number of halogens is 4. The SMILES string of the molecule is C/C(=N\Nc1ccc(C(F)(F)F)cc1[N+](=O)[O-])c1cc(Cl)ccc1O. The largest absolute Gasteiger partial charge is 0.507 e. The third kappa shape index (κ3) is 4.38. The van der Waals surface area contributed by atoms with Crippen molar-refractivity contribution in [2.24, 2.45) is 5.10 Å². The van der Waals surface area contributed by atoms with E-state index in [0.29, 0.717) is 17.2 Å². The highest BCUT2D eigenvalue weighted by Crippen LogP contribution is 2.35. The van der Waals surface area contributed by atoms with Gasteiger partial charge in [-0.3, -0.25) is 15.5 Å². The number of benzene rings is 2. The fourth-order valence-corrected chi connectivity index (χ4v) is 2.13. The van der Waals surface area contributed by atoms with Crippen molar-refractivity contribution in [1.82, 2.24) is 0 Å². The molecule has 0 radical (unpaired) electrons. The standard InChI is InChI=1S/C15H11ClF3N3O3/c1-8(11-7-10(16)3-5-14(11)23)20-21-12-4-2-9(15(17,18)19)6-13(12)22(24)25/h2-7,21,23H,1H3/b20-8+. The van der Waals surface area contributed by atoms with E-state index in [0.717, 1.165) is 6.07 Å². The van der Waals surface area contributed by atoms with Gasteiger partial charge in [0, 0.05) is 16.7 Å². The van der Waals surface area contributed by atoms with E-state index >= 15 is 0 Å².